The Hall–Kier alpha value is -1.40. The summed E-state index contributed by atoms with van der Waals surface area (Å²) < 4.78 is 7.01. The van der Waals surface area contributed by atoms with Crippen molar-refractivity contribution in [1.29, 1.82) is 0 Å². The largest absolute Gasteiger partial charge is 0.379 e. The van der Waals surface area contributed by atoms with Crippen LogP contribution in [-0.4, -0.2) is 41.5 Å². The number of carbonyl (C=O) groups is 1. The van der Waals surface area contributed by atoms with E-state index in [1.165, 1.54) is 0 Å². The number of nitrogens with zero attached hydrogens (tertiary/aromatic N) is 2. The van der Waals surface area contributed by atoms with Crippen LogP contribution >= 0.6 is 0 Å². The molecule has 1 fully saturated rings. The molecule has 2 rings (SSSR count). The van der Waals surface area contributed by atoms with Gasteiger partial charge in [-0.25, -0.2) is 0 Å². The Morgan fingerprint density at radius 1 is 1.76 bits per heavy atom. The highest BCUT2D eigenvalue weighted by Gasteiger charge is 2.44. The first-order valence-electron chi connectivity index (χ1n) is 5.72. The molecule has 2 heterocycles. The number of rotatable bonds is 4. The van der Waals surface area contributed by atoms with Crippen molar-refractivity contribution in [2.45, 2.75) is 19.5 Å². The average Bonchev–Trinajstić information content (AvgIpc) is 2.91. The Morgan fingerprint density at radius 2 is 2.59 bits per heavy atom. The second-order valence-electron chi connectivity index (χ2n) is 4.56. The maximum absolute atomic E-state index is 12.0. The lowest BCUT2D eigenvalue weighted by Crippen LogP contribution is -2.50. The molecular weight excluding hydrogens is 220 g/mol. The molecule has 94 valence electrons. The summed E-state index contributed by atoms with van der Waals surface area (Å²) >= 11 is 0. The zero-order valence-corrected chi connectivity index (χ0v) is 9.93. The minimum absolute atomic E-state index is 0.0466. The molecule has 0 bridgehead atoms. The molecule has 6 heteroatoms. The maximum atomic E-state index is 12.0. The SMILES string of the molecule is CC1(C(=O)NCCn2cccn2)COCC1N. The standard InChI is InChI=1S/C11H18N4O2/c1-11(8-17-7-9(11)12)10(16)13-4-6-15-5-2-3-14-15/h2-3,5,9H,4,6-8,12H2,1H3,(H,13,16). The number of amides is 1. The van der Waals surface area contributed by atoms with Crippen LogP contribution in [0.15, 0.2) is 18.5 Å². The zero-order valence-electron chi connectivity index (χ0n) is 9.93. The number of hydrogen-bond donors (Lipinski definition) is 2. The van der Waals surface area contributed by atoms with Crippen molar-refractivity contribution in [2.75, 3.05) is 19.8 Å². The Bertz CT molecular complexity index is 379. The quantitative estimate of drug-likeness (QED) is 0.731. The van der Waals surface area contributed by atoms with Crippen LogP contribution in [-0.2, 0) is 16.1 Å². The first-order valence-corrected chi connectivity index (χ1v) is 5.72. The molecule has 2 unspecified atom stereocenters. The molecule has 0 aliphatic carbocycles. The summed E-state index contributed by atoms with van der Waals surface area (Å²) in [5.74, 6) is -0.0466. The van der Waals surface area contributed by atoms with Gasteiger partial charge in [0.25, 0.3) is 0 Å². The molecule has 0 saturated carbocycles. The van der Waals surface area contributed by atoms with Crippen LogP contribution in [0.3, 0.4) is 0 Å². The molecule has 0 radical (unpaired) electrons. The molecule has 1 amide bonds. The summed E-state index contributed by atoms with van der Waals surface area (Å²) in [4.78, 5) is 12.0. The number of nitrogens with two attached hydrogens (primary N) is 1. The van der Waals surface area contributed by atoms with Gasteiger partial charge in [0.15, 0.2) is 0 Å². The Labute approximate surface area is 100 Å². The van der Waals surface area contributed by atoms with Gasteiger partial charge in [-0.15, -0.1) is 0 Å². The first-order chi connectivity index (χ1) is 8.13. The van der Waals surface area contributed by atoms with Crippen LogP contribution in [0.4, 0.5) is 0 Å². The van der Waals surface area contributed by atoms with Gasteiger partial charge in [0.05, 0.1) is 25.2 Å². The monoisotopic (exact) mass is 238 g/mol. The van der Waals surface area contributed by atoms with Crippen LogP contribution in [0.5, 0.6) is 0 Å². The van der Waals surface area contributed by atoms with E-state index >= 15 is 0 Å². The van der Waals surface area contributed by atoms with Crippen LogP contribution in [0.2, 0.25) is 0 Å². The van der Waals surface area contributed by atoms with Gasteiger partial charge in [0.1, 0.15) is 0 Å². The summed E-state index contributed by atoms with van der Waals surface area (Å²) in [5, 5.41) is 6.93. The molecule has 1 aliphatic heterocycles. The lowest BCUT2D eigenvalue weighted by molar-refractivity contribution is -0.130. The van der Waals surface area contributed by atoms with E-state index in [1.807, 2.05) is 19.2 Å². The molecule has 1 aromatic heterocycles. The third-order valence-electron chi connectivity index (χ3n) is 3.22. The van der Waals surface area contributed by atoms with Gasteiger partial charge in [0.2, 0.25) is 5.91 Å². The van der Waals surface area contributed by atoms with Crippen molar-refractivity contribution in [3.63, 3.8) is 0 Å². The van der Waals surface area contributed by atoms with Crippen molar-refractivity contribution < 1.29 is 9.53 Å². The maximum Gasteiger partial charge on any atom is 0.230 e. The third-order valence-corrected chi connectivity index (χ3v) is 3.22. The van der Waals surface area contributed by atoms with E-state index in [4.69, 9.17) is 10.5 Å². The molecule has 0 aromatic carbocycles. The highest BCUT2D eigenvalue weighted by molar-refractivity contribution is 5.83. The van der Waals surface area contributed by atoms with Crippen molar-refractivity contribution in [2.24, 2.45) is 11.1 Å². The summed E-state index contributed by atoms with van der Waals surface area (Å²) in [7, 11) is 0. The van der Waals surface area contributed by atoms with Gasteiger partial charge in [-0.05, 0) is 13.0 Å². The highest BCUT2D eigenvalue weighted by Crippen LogP contribution is 2.26. The summed E-state index contributed by atoms with van der Waals surface area (Å²) in [6.45, 7) is 3.88. The fourth-order valence-corrected chi connectivity index (χ4v) is 1.84. The fraction of sp³-hybridized carbons (Fsp3) is 0.636. The molecule has 6 nitrogen and oxygen atoms in total. The van der Waals surface area contributed by atoms with Crippen molar-refractivity contribution in [3.8, 4) is 0 Å². The van der Waals surface area contributed by atoms with E-state index in [0.29, 0.717) is 26.3 Å². The zero-order chi connectivity index (χ0) is 12.3. The molecule has 0 spiro atoms. The Balaban J connectivity index is 1.81. The van der Waals surface area contributed by atoms with Crippen molar-refractivity contribution in [1.82, 2.24) is 15.1 Å². The second-order valence-corrected chi connectivity index (χ2v) is 4.56. The lowest BCUT2D eigenvalue weighted by atomic mass is 9.85. The van der Waals surface area contributed by atoms with Gasteiger partial charge >= 0.3 is 0 Å². The van der Waals surface area contributed by atoms with E-state index in [1.54, 1.807) is 10.9 Å². The Morgan fingerprint density at radius 3 is 3.18 bits per heavy atom. The summed E-state index contributed by atoms with van der Waals surface area (Å²) in [5.41, 5.74) is 5.27. The molecule has 2 atom stereocenters. The van der Waals surface area contributed by atoms with Crippen LogP contribution in [0.1, 0.15) is 6.92 Å². The van der Waals surface area contributed by atoms with E-state index < -0.39 is 5.41 Å². The smallest absolute Gasteiger partial charge is 0.230 e. The van der Waals surface area contributed by atoms with Crippen molar-refractivity contribution in [3.05, 3.63) is 18.5 Å². The highest BCUT2D eigenvalue weighted by atomic mass is 16.5. The van der Waals surface area contributed by atoms with Gasteiger partial charge < -0.3 is 15.8 Å². The fourth-order valence-electron chi connectivity index (χ4n) is 1.84. The van der Waals surface area contributed by atoms with E-state index in [2.05, 4.69) is 10.4 Å². The predicted octanol–water partition coefficient (Wildman–Crippen LogP) is -0.637. The second kappa shape index (κ2) is 4.85. The number of aromatic nitrogens is 2. The number of nitrogens with one attached hydrogen (secondary N) is 1. The topological polar surface area (TPSA) is 82.2 Å². The van der Waals surface area contributed by atoms with Crippen LogP contribution in [0.25, 0.3) is 0 Å². The normalized spacial score (nSPS) is 28.2. The van der Waals surface area contributed by atoms with Gasteiger partial charge in [-0.3, -0.25) is 9.48 Å². The molecule has 1 aromatic rings. The summed E-state index contributed by atoms with van der Waals surface area (Å²) in [6.07, 6.45) is 3.57. The minimum Gasteiger partial charge on any atom is -0.379 e. The number of hydrogen-bond acceptors (Lipinski definition) is 4. The predicted molar refractivity (Wildman–Crippen MR) is 62.1 cm³/mol. The van der Waals surface area contributed by atoms with Crippen molar-refractivity contribution >= 4 is 5.91 Å². The number of ether oxygens (including phenoxy) is 1. The number of carbonyl (C=O) groups excluding carboxylic acids is 1. The van der Waals surface area contributed by atoms with Gasteiger partial charge in [-0.1, -0.05) is 0 Å². The van der Waals surface area contributed by atoms with Crippen LogP contribution < -0.4 is 11.1 Å². The van der Waals surface area contributed by atoms with Gasteiger partial charge in [0, 0.05) is 25.0 Å². The molecule has 1 aliphatic rings. The first kappa shape index (κ1) is 12.1. The average molecular weight is 238 g/mol. The molecule has 17 heavy (non-hydrogen) atoms. The van der Waals surface area contributed by atoms with Crippen LogP contribution in [0, 0.1) is 5.41 Å². The van der Waals surface area contributed by atoms with E-state index in [-0.39, 0.29) is 11.9 Å². The Kier molecular flexibility index (Phi) is 3.44. The molecule has 3 N–H and O–H groups in total. The third kappa shape index (κ3) is 2.48. The molecular formula is C11H18N4O2. The lowest BCUT2D eigenvalue weighted by Gasteiger charge is -2.25. The molecule has 1 saturated heterocycles. The van der Waals surface area contributed by atoms with E-state index in [0.717, 1.165) is 0 Å². The minimum atomic E-state index is -0.607. The van der Waals surface area contributed by atoms with E-state index in [9.17, 15) is 4.79 Å². The summed E-state index contributed by atoms with van der Waals surface area (Å²) in [6, 6.07) is 1.62. The van der Waals surface area contributed by atoms with Gasteiger partial charge in [-0.2, -0.15) is 5.10 Å².